The first-order valence-electron chi connectivity index (χ1n) is 8.75. The Morgan fingerprint density at radius 2 is 1.71 bits per heavy atom. The van der Waals surface area contributed by atoms with Gasteiger partial charge < -0.3 is 5.32 Å². The quantitative estimate of drug-likeness (QED) is 0.639. The molecule has 0 bridgehead atoms. The molecule has 3 rings (SSSR count). The van der Waals surface area contributed by atoms with E-state index < -0.39 is 11.7 Å². The van der Waals surface area contributed by atoms with Crippen LogP contribution in [0.3, 0.4) is 0 Å². The molecule has 0 spiro atoms. The number of carbonyl (C=O) groups is 1. The minimum absolute atomic E-state index is 0.262. The van der Waals surface area contributed by atoms with Gasteiger partial charge in [0.05, 0.1) is 11.6 Å². The van der Waals surface area contributed by atoms with Crippen molar-refractivity contribution in [3.63, 3.8) is 0 Å². The maximum atomic E-state index is 12.8. The Labute approximate surface area is 161 Å². The van der Waals surface area contributed by atoms with Gasteiger partial charge in [0.2, 0.25) is 0 Å². The van der Waals surface area contributed by atoms with Crippen molar-refractivity contribution in [3.05, 3.63) is 89.2 Å². The fourth-order valence-electron chi connectivity index (χ4n) is 3.05. The summed E-state index contributed by atoms with van der Waals surface area (Å²) < 4.78 is 38.4. The molecule has 1 unspecified atom stereocenters. The van der Waals surface area contributed by atoms with Crippen LogP contribution in [0.2, 0.25) is 0 Å². The lowest BCUT2D eigenvalue weighted by Crippen LogP contribution is -2.27. The predicted octanol–water partition coefficient (Wildman–Crippen LogP) is 5.57. The van der Waals surface area contributed by atoms with Crippen LogP contribution in [0.4, 0.5) is 13.2 Å². The van der Waals surface area contributed by atoms with Gasteiger partial charge in [-0.05, 0) is 60.4 Å². The molecule has 1 N–H and O–H groups in total. The Balaban J connectivity index is 1.88. The fraction of sp³-hybridized carbons (Fsp3) is 0.182. The summed E-state index contributed by atoms with van der Waals surface area (Å²) in [6.07, 6.45) is -0.998. The van der Waals surface area contributed by atoms with Crippen LogP contribution >= 0.6 is 0 Å². The van der Waals surface area contributed by atoms with Crippen molar-refractivity contribution in [1.29, 1.82) is 0 Å². The molecule has 144 valence electrons. The van der Waals surface area contributed by atoms with E-state index >= 15 is 0 Å². The summed E-state index contributed by atoms with van der Waals surface area (Å²) in [6, 6.07) is 13.3. The standard InChI is InChI=1S/C22H19F3N2O/c1-14-11-12-26-13-20(14)15(2)27-21(28)19-6-4-3-5-18(19)16-7-9-17(10-8-16)22(23,24)25/h3-13,15H,1-2H3,(H,27,28). The number of amides is 1. The molecule has 1 amide bonds. The van der Waals surface area contributed by atoms with Gasteiger partial charge in [-0.2, -0.15) is 13.2 Å². The number of benzene rings is 2. The minimum Gasteiger partial charge on any atom is -0.345 e. The second kappa shape index (κ2) is 7.84. The highest BCUT2D eigenvalue weighted by Gasteiger charge is 2.30. The Kier molecular flexibility index (Phi) is 5.49. The van der Waals surface area contributed by atoms with Crippen LogP contribution < -0.4 is 5.32 Å². The molecule has 0 radical (unpaired) electrons. The van der Waals surface area contributed by atoms with E-state index in [1.807, 2.05) is 19.9 Å². The molecule has 0 aliphatic heterocycles. The van der Waals surface area contributed by atoms with Gasteiger partial charge in [0.15, 0.2) is 0 Å². The lowest BCUT2D eigenvalue weighted by molar-refractivity contribution is -0.137. The number of alkyl halides is 3. The number of nitrogens with one attached hydrogen (secondary N) is 1. The number of hydrogen-bond donors (Lipinski definition) is 1. The molecular weight excluding hydrogens is 365 g/mol. The summed E-state index contributed by atoms with van der Waals surface area (Å²) in [5, 5.41) is 2.94. The summed E-state index contributed by atoms with van der Waals surface area (Å²) >= 11 is 0. The van der Waals surface area contributed by atoms with E-state index in [1.165, 1.54) is 12.1 Å². The first kappa shape index (κ1) is 19.6. The van der Waals surface area contributed by atoms with Crippen LogP contribution in [0.1, 0.15) is 40.0 Å². The molecule has 1 aromatic heterocycles. The van der Waals surface area contributed by atoms with E-state index in [-0.39, 0.29) is 11.9 Å². The molecule has 0 aliphatic rings. The van der Waals surface area contributed by atoms with Crippen molar-refractivity contribution in [2.24, 2.45) is 0 Å². The van der Waals surface area contributed by atoms with Crippen LogP contribution in [0.25, 0.3) is 11.1 Å². The summed E-state index contributed by atoms with van der Waals surface area (Å²) in [5.74, 6) is -0.300. The monoisotopic (exact) mass is 384 g/mol. The third kappa shape index (κ3) is 4.22. The van der Waals surface area contributed by atoms with Crippen molar-refractivity contribution < 1.29 is 18.0 Å². The number of pyridine rings is 1. The number of halogens is 3. The summed E-state index contributed by atoms with van der Waals surface area (Å²) in [4.78, 5) is 16.9. The fourth-order valence-corrected chi connectivity index (χ4v) is 3.05. The molecular formula is C22H19F3N2O. The van der Waals surface area contributed by atoms with E-state index in [0.29, 0.717) is 16.7 Å². The summed E-state index contributed by atoms with van der Waals surface area (Å²) in [5.41, 5.74) is 2.71. The Morgan fingerprint density at radius 3 is 2.36 bits per heavy atom. The van der Waals surface area contributed by atoms with Crippen molar-refractivity contribution in [1.82, 2.24) is 10.3 Å². The molecule has 2 aromatic carbocycles. The largest absolute Gasteiger partial charge is 0.416 e. The molecule has 3 nitrogen and oxygen atoms in total. The number of carbonyl (C=O) groups excluding carboxylic acids is 1. The van der Waals surface area contributed by atoms with Gasteiger partial charge in [0, 0.05) is 18.0 Å². The van der Waals surface area contributed by atoms with Crippen LogP contribution in [0.5, 0.6) is 0 Å². The SMILES string of the molecule is Cc1ccncc1C(C)NC(=O)c1ccccc1-c1ccc(C(F)(F)F)cc1. The van der Waals surface area contributed by atoms with E-state index in [1.54, 1.807) is 36.7 Å². The van der Waals surface area contributed by atoms with Gasteiger partial charge in [-0.3, -0.25) is 9.78 Å². The second-order valence-corrected chi connectivity index (χ2v) is 6.55. The molecule has 6 heteroatoms. The number of aryl methyl sites for hydroxylation is 1. The molecule has 0 fully saturated rings. The molecule has 3 aromatic rings. The van der Waals surface area contributed by atoms with Crippen LogP contribution in [0.15, 0.2) is 67.0 Å². The maximum absolute atomic E-state index is 12.8. The van der Waals surface area contributed by atoms with Crippen molar-refractivity contribution >= 4 is 5.91 Å². The summed E-state index contributed by atoms with van der Waals surface area (Å²) in [7, 11) is 0. The third-order valence-electron chi connectivity index (χ3n) is 4.59. The maximum Gasteiger partial charge on any atom is 0.416 e. The molecule has 0 saturated heterocycles. The topological polar surface area (TPSA) is 42.0 Å². The van der Waals surface area contributed by atoms with Crippen molar-refractivity contribution in [3.8, 4) is 11.1 Å². The van der Waals surface area contributed by atoms with Gasteiger partial charge in [-0.1, -0.05) is 30.3 Å². The van der Waals surface area contributed by atoms with E-state index in [2.05, 4.69) is 10.3 Å². The number of rotatable bonds is 4. The normalized spacial score (nSPS) is 12.5. The van der Waals surface area contributed by atoms with Gasteiger partial charge in [0.25, 0.3) is 5.91 Å². The molecule has 1 atom stereocenters. The highest BCUT2D eigenvalue weighted by atomic mass is 19.4. The van der Waals surface area contributed by atoms with E-state index in [0.717, 1.165) is 23.3 Å². The zero-order valence-electron chi connectivity index (χ0n) is 15.4. The predicted molar refractivity (Wildman–Crippen MR) is 102 cm³/mol. The summed E-state index contributed by atoms with van der Waals surface area (Å²) in [6.45, 7) is 3.80. The minimum atomic E-state index is -4.40. The van der Waals surface area contributed by atoms with Crippen LogP contribution in [0, 0.1) is 6.92 Å². The van der Waals surface area contributed by atoms with Crippen LogP contribution in [-0.4, -0.2) is 10.9 Å². The average Bonchev–Trinajstić information content (AvgIpc) is 2.67. The van der Waals surface area contributed by atoms with Gasteiger partial charge >= 0.3 is 6.18 Å². The van der Waals surface area contributed by atoms with E-state index in [9.17, 15) is 18.0 Å². The number of nitrogens with zero attached hydrogens (tertiary/aromatic N) is 1. The zero-order valence-corrected chi connectivity index (χ0v) is 15.4. The smallest absolute Gasteiger partial charge is 0.345 e. The van der Waals surface area contributed by atoms with Gasteiger partial charge in [0.1, 0.15) is 0 Å². The lowest BCUT2D eigenvalue weighted by Gasteiger charge is -2.17. The average molecular weight is 384 g/mol. The highest BCUT2D eigenvalue weighted by molar-refractivity contribution is 6.01. The first-order valence-corrected chi connectivity index (χ1v) is 8.75. The number of hydrogen-bond acceptors (Lipinski definition) is 2. The zero-order chi connectivity index (χ0) is 20.3. The van der Waals surface area contributed by atoms with Crippen molar-refractivity contribution in [2.75, 3.05) is 0 Å². The van der Waals surface area contributed by atoms with Crippen LogP contribution in [-0.2, 0) is 6.18 Å². The first-order chi connectivity index (χ1) is 13.3. The van der Waals surface area contributed by atoms with Crippen molar-refractivity contribution in [2.45, 2.75) is 26.1 Å². The second-order valence-electron chi connectivity index (χ2n) is 6.55. The molecule has 28 heavy (non-hydrogen) atoms. The number of aromatic nitrogens is 1. The molecule has 0 aliphatic carbocycles. The molecule has 0 saturated carbocycles. The van der Waals surface area contributed by atoms with Gasteiger partial charge in [-0.25, -0.2) is 0 Å². The third-order valence-corrected chi connectivity index (χ3v) is 4.59. The Hall–Kier alpha value is -3.15. The molecule has 1 heterocycles. The lowest BCUT2D eigenvalue weighted by atomic mass is 9.97. The Morgan fingerprint density at radius 1 is 1.04 bits per heavy atom. The van der Waals surface area contributed by atoms with Gasteiger partial charge in [-0.15, -0.1) is 0 Å². The van der Waals surface area contributed by atoms with E-state index in [4.69, 9.17) is 0 Å². The highest BCUT2D eigenvalue weighted by Crippen LogP contribution is 2.32. The Bertz CT molecular complexity index is 982.